The first-order valence-electron chi connectivity index (χ1n) is 12.4. The summed E-state index contributed by atoms with van der Waals surface area (Å²) >= 11 is 5.93. The van der Waals surface area contributed by atoms with Gasteiger partial charge in [-0.15, -0.1) is 0 Å². The molecule has 35 heavy (non-hydrogen) atoms. The summed E-state index contributed by atoms with van der Waals surface area (Å²) in [6.45, 7) is 8.82. The van der Waals surface area contributed by atoms with Crippen LogP contribution >= 0.6 is 12.2 Å². The SMILES string of the molecule is CCc1ccc(N2C(=S)N[C@H](c3ccccn3)[C@H]2c2cc(C)n(-c3ccccc3CC)c2C)cc1. The monoisotopic (exact) mass is 480 g/mol. The maximum absolute atomic E-state index is 5.93. The van der Waals surface area contributed by atoms with Gasteiger partial charge in [0.1, 0.15) is 0 Å². The Morgan fingerprint density at radius 2 is 1.66 bits per heavy atom. The predicted molar refractivity (Wildman–Crippen MR) is 148 cm³/mol. The molecular formula is C30H32N4S. The lowest BCUT2D eigenvalue weighted by Gasteiger charge is -2.28. The predicted octanol–water partition coefficient (Wildman–Crippen LogP) is 6.79. The van der Waals surface area contributed by atoms with E-state index in [0.29, 0.717) is 0 Å². The third-order valence-electron chi connectivity index (χ3n) is 7.12. The summed E-state index contributed by atoms with van der Waals surface area (Å²) < 4.78 is 2.39. The molecule has 0 bridgehead atoms. The quantitative estimate of drug-likeness (QED) is 0.308. The van der Waals surface area contributed by atoms with Gasteiger partial charge in [-0.1, -0.05) is 50.2 Å². The van der Waals surface area contributed by atoms with Gasteiger partial charge in [-0.25, -0.2) is 0 Å². The highest BCUT2D eigenvalue weighted by atomic mass is 32.1. The largest absolute Gasteiger partial charge is 0.351 e. The molecule has 0 aliphatic carbocycles. The fraction of sp³-hybridized carbons (Fsp3) is 0.267. The molecule has 4 aromatic rings. The molecule has 5 heteroatoms. The number of hydrogen-bond acceptors (Lipinski definition) is 2. The van der Waals surface area contributed by atoms with Gasteiger partial charge in [0.05, 0.1) is 17.8 Å². The Bertz CT molecular complexity index is 1340. The molecule has 178 valence electrons. The van der Waals surface area contributed by atoms with E-state index in [1.165, 1.54) is 33.8 Å². The molecule has 0 radical (unpaired) electrons. The van der Waals surface area contributed by atoms with Crippen molar-refractivity contribution < 1.29 is 0 Å². The second kappa shape index (κ2) is 9.67. The first kappa shape index (κ1) is 23.3. The Morgan fingerprint density at radius 3 is 2.34 bits per heavy atom. The number of nitrogens with one attached hydrogen (secondary N) is 1. The van der Waals surface area contributed by atoms with Gasteiger partial charge in [0.25, 0.3) is 0 Å². The van der Waals surface area contributed by atoms with Crippen molar-refractivity contribution in [2.75, 3.05) is 4.90 Å². The first-order valence-corrected chi connectivity index (χ1v) is 12.8. The zero-order valence-electron chi connectivity index (χ0n) is 20.8. The Hall–Kier alpha value is -3.44. The first-order chi connectivity index (χ1) is 17.0. The zero-order valence-corrected chi connectivity index (χ0v) is 21.6. The van der Waals surface area contributed by atoms with Crippen LogP contribution in [0.3, 0.4) is 0 Å². The molecule has 5 rings (SSSR count). The average Bonchev–Trinajstić information content (AvgIpc) is 3.39. The third-order valence-corrected chi connectivity index (χ3v) is 7.44. The minimum absolute atomic E-state index is 0.0152. The Balaban J connectivity index is 1.68. The minimum Gasteiger partial charge on any atom is -0.351 e. The van der Waals surface area contributed by atoms with Gasteiger partial charge >= 0.3 is 0 Å². The van der Waals surface area contributed by atoms with Crippen molar-refractivity contribution in [3.8, 4) is 5.69 Å². The van der Waals surface area contributed by atoms with Crippen LogP contribution in [0.4, 0.5) is 5.69 Å². The van der Waals surface area contributed by atoms with E-state index in [0.717, 1.165) is 29.3 Å². The van der Waals surface area contributed by atoms with Crippen LogP contribution in [0.2, 0.25) is 0 Å². The molecular weight excluding hydrogens is 448 g/mol. The average molecular weight is 481 g/mol. The van der Waals surface area contributed by atoms with Crippen LogP contribution in [0.5, 0.6) is 0 Å². The fourth-order valence-corrected chi connectivity index (χ4v) is 5.67. The van der Waals surface area contributed by atoms with Gasteiger partial charge in [-0.2, -0.15) is 0 Å². The molecule has 0 unspecified atom stereocenters. The van der Waals surface area contributed by atoms with Crippen molar-refractivity contribution in [1.29, 1.82) is 0 Å². The van der Waals surface area contributed by atoms with E-state index in [2.05, 4.69) is 103 Å². The Labute approximate surface area is 213 Å². The van der Waals surface area contributed by atoms with E-state index in [4.69, 9.17) is 17.2 Å². The maximum Gasteiger partial charge on any atom is 0.174 e. The number of anilines is 1. The number of rotatable bonds is 6. The summed E-state index contributed by atoms with van der Waals surface area (Å²) in [5.74, 6) is 0. The van der Waals surface area contributed by atoms with E-state index < -0.39 is 0 Å². The van der Waals surface area contributed by atoms with Crippen LogP contribution in [0.15, 0.2) is 79.0 Å². The van der Waals surface area contributed by atoms with Crippen molar-refractivity contribution in [3.05, 3.63) is 113 Å². The number of nitrogens with zero attached hydrogens (tertiary/aromatic N) is 3. The molecule has 3 heterocycles. The van der Waals surface area contributed by atoms with Crippen molar-refractivity contribution >= 4 is 23.0 Å². The minimum atomic E-state index is -0.0510. The Kier molecular flexibility index (Phi) is 6.44. The van der Waals surface area contributed by atoms with Crippen molar-refractivity contribution in [2.24, 2.45) is 0 Å². The number of pyridine rings is 1. The van der Waals surface area contributed by atoms with Crippen molar-refractivity contribution in [1.82, 2.24) is 14.9 Å². The molecule has 1 aliphatic rings. The van der Waals surface area contributed by atoms with Crippen LogP contribution in [0.1, 0.15) is 59.7 Å². The number of para-hydroxylation sites is 1. The maximum atomic E-state index is 5.93. The summed E-state index contributed by atoms with van der Waals surface area (Å²) in [7, 11) is 0. The van der Waals surface area contributed by atoms with Gasteiger partial charge < -0.3 is 14.8 Å². The Morgan fingerprint density at radius 1 is 0.914 bits per heavy atom. The second-order valence-electron chi connectivity index (χ2n) is 9.16. The topological polar surface area (TPSA) is 33.1 Å². The molecule has 0 spiro atoms. The lowest BCUT2D eigenvalue weighted by atomic mass is 9.96. The second-order valence-corrected chi connectivity index (χ2v) is 9.55. The van der Waals surface area contributed by atoms with Gasteiger partial charge in [0, 0.05) is 29.0 Å². The van der Waals surface area contributed by atoms with E-state index >= 15 is 0 Å². The molecule has 1 N–H and O–H groups in total. The molecule has 4 nitrogen and oxygen atoms in total. The van der Waals surface area contributed by atoms with Crippen LogP contribution in [0.25, 0.3) is 5.69 Å². The highest BCUT2D eigenvalue weighted by molar-refractivity contribution is 7.80. The molecule has 1 fully saturated rings. The van der Waals surface area contributed by atoms with E-state index in [9.17, 15) is 0 Å². The van der Waals surface area contributed by atoms with Gasteiger partial charge in [0.15, 0.2) is 5.11 Å². The number of aromatic nitrogens is 2. The van der Waals surface area contributed by atoms with E-state index in [1.54, 1.807) is 0 Å². The summed E-state index contributed by atoms with van der Waals surface area (Å²) in [6, 6.07) is 25.8. The van der Waals surface area contributed by atoms with Crippen LogP contribution in [-0.4, -0.2) is 14.7 Å². The molecule has 0 amide bonds. The lowest BCUT2D eigenvalue weighted by molar-refractivity contribution is 0.565. The summed E-state index contributed by atoms with van der Waals surface area (Å²) in [5, 5.41) is 4.33. The standard InChI is InChI=1S/C30H32N4S/c1-5-22-14-16-24(17-15-22)34-29(28(32-30(34)35)26-12-9-10-18-31-26)25-19-20(3)33(21(25)4)27-13-8-7-11-23(27)6-2/h7-19,28-29H,5-6H2,1-4H3,(H,32,35)/t28-,29-/m1/s1. The number of thiocarbonyl (C=S) groups is 1. The number of aryl methyl sites for hydroxylation is 3. The highest BCUT2D eigenvalue weighted by Gasteiger charge is 2.42. The molecule has 2 aromatic heterocycles. The lowest BCUT2D eigenvalue weighted by Crippen LogP contribution is -2.29. The van der Waals surface area contributed by atoms with Crippen LogP contribution < -0.4 is 10.2 Å². The fourth-order valence-electron chi connectivity index (χ4n) is 5.33. The molecule has 1 aliphatic heterocycles. The number of benzene rings is 2. The van der Waals surface area contributed by atoms with Crippen molar-refractivity contribution in [2.45, 2.75) is 52.6 Å². The number of hydrogen-bond donors (Lipinski definition) is 1. The molecule has 0 saturated carbocycles. The molecule has 2 aromatic carbocycles. The van der Waals surface area contributed by atoms with Gasteiger partial charge in [-0.3, -0.25) is 4.98 Å². The van der Waals surface area contributed by atoms with Gasteiger partial charge in [0.2, 0.25) is 0 Å². The van der Waals surface area contributed by atoms with Crippen LogP contribution in [0, 0.1) is 13.8 Å². The molecule has 2 atom stereocenters. The normalized spacial score (nSPS) is 17.6. The summed E-state index contributed by atoms with van der Waals surface area (Å²) in [5.41, 5.74) is 9.71. The summed E-state index contributed by atoms with van der Waals surface area (Å²) in [6.07, 6.45) is 3.86. The molecule has 1 saturated heterocycles. The van der Waals surface area contributed by atoms with Crippen molar-refractivity contribution in [3.63, 3.8) is 0 Å². The highest BCUT2D eigenvalue weighted by Crippen LogP contribution is 2.44. The van der Waals surface area contributed by atoms with Gasteiger partial charge in [-0.05, 0) is 92.0 Å². The van der Waals surface area contributed by atoms with E-state index in [-0.39, 0.29) is 12.1 Å². The third kappa shape index (κ3) is 4.14. The zero-order chi connectivity index (χ0) is 24.5. The van der Waals surface area contributed by atoms with Crippen LogP contribution in [-0.2, 0) is 12.8 Å². The smallest absolute Gasteiger partial charge is 0.174 e. The van der Waals surface area contributed by atoms with E-state index in [1.807, 2.05) is 18.3 Å². The summed E-state index contributed by atoms with van der Waals surface area (Å²) in [4.78, 5) is 6.99.